The number of aliphatic hydroxyl groups is 2. The lowest BCUT2D eigenvalue weighted by Crippen LogP contribution is -2.67. The smallest absolute Gasteiger partial charge is 0.416 e. The number of nitrogens with zero attached hydrogens (tertiary/aromatic N) is 2. The molecule has 9 heteroatoms. The second kappa shape index (κ2) is 10.9. The van der Waals surface area contributed by atoms with E-state index in [0.29, 0.717) is 37.8 Å². The van der Waals surface area contributed by atoms with Gasteiger partial charge in [0.2, 0.25) is 0 Å². The third-order valence-corrected chi connectivity index (χ3v) is 14.5. The molecule has 2 aromatic rings. The first-order valence-corrected chi connectivity index (χ1v) is 18.0. The van der Waals surface area contributed by atoms with Gasteiger partial charge in [-0.3, -0.25) is 9.69 Å². The van der Waals surface area contributed by atoms with E-state index in [-0.39, 0.29) is 34.3 Å². The predicted molar refractivity (Wildman–Crippen MR) is 181 cm³/mol. The summed E-state index contributed by atoms with van der Waals surface area (Å²) in [6, 6.07) is 12.1. The van der Waals surface area contributed by atoms with Gasteiger partial charge in [0.05, 0.1) is 23.0 Å². The summed E-state index contributed by atoms with van der Waals surface area (Å²) in [6.07, 6.45) is 6.26. The van der Waals surface area contributed by atoms with Crippen LogP contribution in [0.15, 0.2) is 72.3 Å². The number of halogens is 3. The van der Waals surface area contributed by atoms with Crippen molar-refractivity contribution >= 4 is 11.5 Å². The fourth-order valence-electron chi connectivity index (χ4n) is 11.8. The maximum absolute atomic E-state index is 14.7. The van der Waals surface area contributed by atoms with Crippen LogP contribution < -0.4 is 4.90 Å². The molecule has 2 spiro atoms. The van der Waals surface area contributed by atoms with E-state index < -0.39 is 39.7 Å². The topological polar surface area (TPSA) is 84.2 Å². The standard InChI is InChI=1S/C40H47F3N2O4/c1-35-13-10-28(46)23-37(35)16-17-39(29(24-37)34(48)26-6-5-7-27(22-26)40(41,42)43)32(35)11-14-36(2)33(39)12-15-38(36,49)25-44-18-20-45(21-19-44)30-8-3-4-9-31(30)47/h3-9,16-17,22,24,28,32-33,46-47,49H,10-15,18-21,23,25H2,1-2H3/t28?,32-,33-,35-,36+,37+,38-,39-/m1/s1. The van der Waals surface area contributed by atoms with Crippen molar-refractivity contribution in [1.29, 1.82) is 0 Å². The third kappa shape index (κ3) is 4.60. The summed E-state index contributed by atoms with van der Waals surface area (Å²) in [5.74, 6) is -0.124. The number of carbonyl (C=O) groups excluding carboxylic acids is 1. The lowest BCUT2D eigenvalue weighted by atomic mass is 9.32. The second-order valence-corrected chi connectivity index (χ2v) is 16.5. The molecule has 6 nitrogen and oxygen atoms in total. The van der Waals surface area contributed by atoms with Crippen LogP contribution in [0.25, 0.3) is 0 Å². The van der Waals surface area contributed by atoms with E-state index in [2.05, 4.69) is 41.9 Å². The van der Waals surface area contributed by atoms with Gasteiger partial charge in [-0.15, -0.1) is 0 Å². The number of rotatable bonds is 5. The summed E-state index contributed by atoms with van der Waals surface area (Å²) < 4.78 is 41.5. The molecule has 2 bridgehead atoms. The minimum atomic E-state index is -4.57. The maximum Gasteiger partial charge on any atom is 0.416 e. The van der Waals surface area contributed by atoms with Crippen molar-refractivity contribution in [2.75, 3.05) is 37.6 Å². The van der Waals surface area contributed by atoms with Crippen LogP contribution in [0.5, 0.6) is 5.75 Å². The van der Waals surface area contributed by atoms with Crippen molar-refractivity contribution in [2.24, 2.45) is 33.5 Å². The highest BCUT2D eigenvalue weighted by Gasteiger charge is 2.74. The second-order valence-electron chi connectivity index (χ2n) is 16.5. The van der Waals surface area contributed by atoms with Crippen LogP contribution >= 0.6 is 0 Å². The molecule has 49 heavy (non-hydrogen) atoms. The molecule has 1 heterocycles. The zero-order chi connectivity index (χ0) is 34.6. The van der Waals surface area contributed by atoms with Gasteiger partial charge in [-0.1, -0.05) is 56.3 Å². The minimum absolute atomic E-state index is 0.0347. The summed E-state index contributed by atoms with van der Waals surface area (Å²) in [6.45, 7) is 7.95. The number of para-hydroxylation sites is 2. The van der Waals surface area contributed by atoms with Crippen molar-refractivity contribution < 1.29 is 33.3 Å². The highest BCUT2D eigenvalue weighted by atomic mass is 19.4. The Balaban J connectivity index is 1.15. The fraction of sp³-hybridized carbons (Fsp3) is 0.575. The van der Waals surface area contributed by atoms with Crippen molar-refractivity contribution in [3.8, 4) is 5.75 Å². The summed E-state index contributed by atoms with van der Waals surface area (Å²) in [5, 5.41) is 34.1. The number of phenolic OH excluding ortho intramolecular Hbond substituents is 1. The van der Waals surface area contributed by atoms with Gasteiger partial charge in [0, 0.05) is 60.1 Å². The van der Waals surface area contributed by atoms with Gasteiger partial charge in [-0.25, -0.2) is 0 Å². The molecule has 6 aliphatic carbocycles. The monoisotopic (exact) mass is 676 g/mol. The SMILES string of the molecule is C[C@]12CC[C@H]3[C@]4(C=C[C@@]5(C=C4C(=O)c4cccc(C(F)(F)F)c4)CC(O)CC[C@]35C)[C@@H]1CC[C@@]2(O)CN1CCN(c2ccccc2O)CC1. The van der Waals surface area contributed by atoms with E-state index in [0.717, 1.165) is 63.3 Å². The predicted octanol–water partition coefficient (Wildman–Crippen LogP) is 7.01. The fourth-order valence-corrected chi connectivity index (χ4v) is 11.8. The summed E-state index contributed by atoms with van der Waals surface area (Å²) >= 11 is 0. The Morgan fingerprint density at radius 2 is 1.59 bits per heavy atom. The third-order valence-electron chi connectivity index (χ3n) is 14.5. The number of fused-ring (bicyclic) bond motifs is 1. The Morgan fingerprint density at radius 1 is 0.898 bits per heavy atom. The number of hydrogen-bond acceptors (Lipinski definition) is 6. The summed E-state index contributed by atoms with van der Waals surface area (Å²) in [4.78, 5) is 19.2. The highest BCUT2D eigenvalue weighted by Crippen LogP contribution is 2.78. The number of phenols is 1. The summed E-state index contributed by atoms with van der Waals surface area (Å²) in [7, 11) is 0. The first-order valence-electron chi connectivity index (χ1n) is 18.0. The molecule has 1 saturated heterocycles. The van der Waals surface area contributed by atoms with Gasteiger partial charge in [0.25, 0.3) is 0 Å². The maximum atomic E-state index is 14.7. The van der Waals surface area contributed by atoms with Gasteiger partial charge in [0.1, 0.15) is 5.75 Å². The van der Waals surface area contributed by atoms with Gasteiger partial charge in [-0.2, -0.15) is 13.2 Å². The van der Waals surface area contributed by atoms with Crippen LogP contribution in [0.2, 0.25) is 0 Å². The van der Waals surface area contributed by atoms with E-state index in [9.17, 15) is 33.3 Å². The molecule has 3 saturated carbocycles. The molecule has 4 fully saturated rings. The highest BCUT2D eigenvalue weighted by molar-refractivity contribution is 6.10. The van der Waals surface area contributed by atoms with Gasteiger partial charge >= 0.3 is 6.18 Å². The number of alkyl halides is 3. The molecule has 9 rings (SSSR count). The number of aromatic hydroxyl groups is 1. The Labute approximate surface area is 286 Å². The average Bonchev–Trinajstić information content (AvgIpc) is 3.34. The number of β-amino-alcohol motifs (C(OH)–C–C–N with tert-alkyl or cyclic N) is 1. The van der Waals surface area contributed by atoms with Crippen LogP contribution in [-0.2, 0) is 6.18 Å². The van der Waals surface area contributed by atoms with Crippen molar-refractivity contribution in [2.45, 2.75) is 76.7 Å². The molecule has 0 radical (unpaired) electrons. The molecular weight excluding hydrogens is 629 g/mol. The van der Waals surface area contributed by atoms with Crippen molar-refractivity contribution in [3.63, 3.8) is 0 Å². The number of Topliss-reactive ketones (excluding diaryl/α,β-unsaturated/α-hetero) is 1. The van der Waals surface area contributed by atoms with Crippen LogP contribution in [0.3, 0.4) is 0 Å². The van der Waals surface area contributed by atoms with Gasteiger partial charge in [0.15, 0.2) is 5.78 Å². The van der Waals surface area contributed by atoms with Crippen molar-refractivity contribution in [1.82, 2.24) is 4.90 Å². The number of benzene rings is 2. The quantitative estimate of drug-likeness (QED) is 0.234. The first kappa shape index (κ1) is 33.0. The Kier molecular flexibility index (Phi) is 7.37. The van der Waals surface area contributed by atoms with Crippen LogP contribution in [-0.4, -0.2) is 70.4 Å². The largest absolute Gasteiger partial charge is 0.506 e. The zero-order valence-electron chi connectivity index (χ0n) is 28.3. The first-order chi connectivity index (χ1) is 23.2. The number of piperazine rings is 1. The molecule has 3 N–H and O–H groups in total. The van der Waals surface area contributed by atoms with E-state index >= 15 is 0 Å². The molecule has 0 amide bonds. The minimum Gasteiger partial charge on any atom is -0.506 e. The number of hydrogen-bond donors (Lipinski definition) is 3. The number of allylic oxidation sites excluding steroid dienone is 4. The number of ketones is 1. The zero-order valence-corrected chi connectivity index (χ0v) is 28.3. The Morgan fingerprint density at radius 3 is 2.33 bits per heavy atom. The van der Waals surface area contributed by atoms with E-state index in [1.54, 1.807) is 6.07 Å². The summed E-state index contributed by atoms with van der Waals surface area (Å²) in [5.41, 5.74) is -2.48. The molecule has 7 aliphatic rings. The molecule has 0 aromatic heterocycles. The lowest BCUT2D eigenvalue weighted by molar-refractivity contribution is -0.176. The van der Waals surface area contributed by atoms with Crippen LogP contribution in [0.1, 0.15) is 74.7 Å². The molecule has 2 aromatic carbocycles. The normalized spacial score (nSPS) is 40.0. The Hall–Kier alpha value is -3.14. The molecule has 1 unspecified atom stereocenters. The van der Waals surface area contributed by atoms with Gasteiger partial charge < -0.3 is 20.2 Å². The molecular formula is C40H47F3N2O4. The molecule has 262 valence electrons. The van der Waals surface area contributed by atoms with E-state index in [1.165, 1.54) is 12.1 Å². The van der Waals surface area contributed by atoms with E-state index in [4.69, 9.17) is 0 Å². The number of carbonyl (C=O) groups is 1. The van der Waals surface area contributed by atoms with Crippen LogP contribution in [0.4, 0.5) is 18.9 Å². The van der Waals surface area contributed by atoms with Gasteiger partial charge in [-0.05, 0) is 86.5 Å². The molecule has 1 aliphatic heterocycles. The van der Waals surface area contributed by atoms with Crippen LogP contribution in [0, 0.1) is 33.5 Å². The lowest BCUT2D eigenvalue weighted by Gasteiger charge is -2.71. The molecule has 8 atom stereocenters. The average molecular weight is 677 g/mol. The Bertz CT molecular complexity index is 1730. The van der Waals surface area contributed by atoms with E-state index in [1.807, 2.05) is 18.2 Å². The number of anilines is 1. The van der Waals surface area contributed by atoms with Crippen molar-refractivity contribution in [3.05, 3.63) is 83.5 Å². The number of aliphatic hydroxyl groups excluding tert-OH is 1.